The van der Waals surface area contributed by atoms with E-state index in [4.69, 9.17) is 33.9 Å². The third-order valence-corrected chi connectivity index (χ3v) is 7.25. The quantitative estimate of drug-likeness (QED) is 0.0755. The van der Waals surface area contributed by atoms with Gasteiger partial charge >= 0.3 is 0 Å². The Hall–Kier alpha value is -0.300. The Morgan fingerprint density at radius 3 is 1.21 bits per heavy atom. The van der Waals surface area contributed by atoms with Gasteiger partial charge in [-0.15, -0.1) is 0 Å². The van der Waals surface area contributed by atoms with Gasteiger partial charge in [0.2, 0.25) is 0 Å². The predicted molar refractivity (Wildman–Crippen MR) is 178 cm³/mol. The Morgan fingerprint density at radius 1 is 0.526 bits per heavy atom. The molecule has 0 bridgehead atoms. The lowest BCUT2D eigenvalue weighted by molar-refractivity contribution is 0.0746. The molecule has 0 aromatic heterocycles. The Bertz CT molecular complexity index is 446. The summed E-state index contributed by atoms with van der Waals surface area (Å²) in [5, 5.41) is 0. The molecule has 4 nitrogen and oxygen atoms in total. The zero-order valence-electron chi connectivity index (χ0n) is 26.4. The lowest BCUT2D eigenvalue weighted by Crippen LogP contribution is -2.35. The van der Waals surface area contributed by atoms with Gasteiger partial charge in [0.15, 0.2) is 0 Å². The maximum atomic E-state index is 5.74. The molecule has 0 atom stereocenters. The van der Waals surface area contributed by atoms with Crippen molar-refractivity contribution in [2.75, 3.05) is 52.6 Å². The molecule has 0 heterocycles. The van der Waals surface area contributed by atoms with Crippen molar-refractivity contribution in [3.63, 3.8) is 0 Å². The lowest BCUT2D eigenvalue weighted by Gasteiger charge is -2.25. The van der Waals surface area contributed by atoms with Crippen molar-refractivity contribution in [2.45, 2.75) is 138 Å². The topological polar surface area (TPSA) is 24.9 Å². The first kappa shape index (κ1) is 39.8. The monoisotopic (exact) mass is 573 g/mol. The van der Waals surface area contributed by atoms with Crippen LogP contribution in [0.25, 0.3) is 0 Å². The van der Waals surface area contributed by atoms with Gasteiger partial charge in [-0.05, 0) is 32.1 Å². The van der Waals surface area contributed by atoms with Gasteiger partial charge in [0, 0.05) is 26.2 Å². The molecular formula is C32H65N2O2S2. The fraction of sp³-hybridized carbons (Fsp3) is 0.906. The molecule has 0 aliphatic heterocycles. The second-order valence-electron chi connectivity index (χ2n) is 10.2. The molecule has 227 valence electrons. The Balaban J connectivity index is 0. The maximum Gasteiger partial charge on any atom is 0.104 e. The van der Waals surface area contributed by atoms with Gasteiger partial charge < -0.3 is 19.3 Å². The van der Waals surface area contributed by atoms with Gasteiger partial charge in [0.05, 0.1) is 26.4 Å². The van der Waals surface area contributed by atoms with Crippen molar-refractivity contribution >= 4 is 34.4 Å². The van der Waals surface area contributed by atoms with E-state index in [1.165, 1.54) is 96.3 Å². The average Bonchev–Trinajstić information content (AvgIpc) is 2.92. The third-order valence-electron chi connectivity index (χ3n) is 6.50. The Kier molecular flexibility index (Phi) is 34.5. The Labute approximate surface area is 250 Å². The highest BCUT2D eigenvalue weighted by Gasteiger charge is 2.10. The van der Waals surface area contributed by atoms with Crippen LogP contribution in [0.2, 0.25) is 0 Å². The van der Waals surface area contributed by atoms with Crippen LogP contribution in [0.15, 0.2) is 0 Å². The molecule has 0 aliphatic carbocycles. The minimum Gasteiger partial charge on any atom is -0.372 e. The molecule has 38 heavy (non-hydrogen) atoms. The summed E-state index contributed by atoms with van der Waals surface area (Å²) in [4.78, 5) is 6.44. The van der Waals surface area contributed by atoms with E-state index in [9.17, 15) is 0 Å². The highest BCUT2D eigenvalue weighted by Crippen LogP contribution is 2.07. The summed E-state index contributed by atoms with van der Waals surface area (Å²) in [6.45, 7) is 19.5. The number of ether oxygens (including phenoxy) is 2. The molecular weight excluding hydrogens is 508 g/mol. The lowest BCUT2D eigenvalue weighted by atomic mass is 10.1. The van der Waals surface area contributed by atoms with Crippen LogP contribution in [0.4, 0.5) is 0 Å². The molecule has 0 rings (SSSR count). The SMILES string of the molecule is CCCCN(CCCC)C(=S)COCCOCC(=S)N(CCCC)CCCC.C[CH]CCCCCCCC. The molecule has 0 spiro atoms. The molecule has 0 aromatic rings. The highest BCUT2D eigenvalue weighted by atomic mass is 32.1. The van der Waals surface area contributed by atoms with Crippen molar-refractivity contribution in [3.8, 4) is 0 Å². The van der Waals surface area contributed by atoms with Gasteiger partial charge in [-0.25, -0.2) is 0 Å². The minimum absolute atomic E-state index is 0.510. The summed E-state index contributed by atoms with van der Waals surface area (Å²) in [5.41, 5.74) is 0. The minimum atomic E-state index is 0.510. The highest BCUT2D eigenvalue weighted by molar-refractivity contribution is 7.80. The van der Waals surface area contributed by atoms with E-state index < -0.39 is 0 Å². The van der Waals surface area contributed by atoms with Crippen molar-refractivity contribution in [1.82, 2.24) is 9.80 Å². The van der Waals surface area contributed by atoms with Crippen LogP contribution >= 0.6 is 24.4 Å². The van der Waals surface area contributed by atoms with Gasteiger partial charge in [0.1, 0.15) is 9.98 Å². The van der Waals surface area contributed by atoms with E-state index >= 15 is 0 Å². The van der Waals surface area contributed by atoms with Crippen LogP contribution in [0.3, 0.4) is 0 Å². The first-order valence-electron chi connectivity index (χ1n) is 16.0. The van der Waals surface area contributed by atoms with Crippen LogP contribution in [-0.2, 0) is 9.47 Å². The van der Waals surface area contributed by atoms with Crippen molar-refractivity contribution in [2.24, 2.45) is 0 Å². The van der Waals surface area contributed by atoms with Crippen LogP contribution in [-0.4, -0.2) is 72.4 Å². The fourth-order valence-corrected chi connectivity index (χ4v) is 4.40. The average molecular weight is 574 g/mol. The fourth-order valence-electron chi connectivity index (χ4n) is 3.87. The smallest absolute Gasteiger partial charge is 0.104 e. The Morgan fingerprint density at radius 2 is 0.868 bits per heavy atom. The number of nitrogens with zero attached hydrogens (tertiary/aromatic N) is 2. The predicted octanol–water partition coefficient (Wildman–Crippen LogP) is 9.44. The first-order valence-corrected chi connectivity index (χ1v) is 16.8. The number of unbranched alkanes of at least 4 members (excludes halogenated alkanes) is 11. The van der Waals surface area contributed by atoms with E-state index in [1.807, 2.05) is 0 Å². The molecule has 0 N–H and O–H groups in total. The van der Waals surface area contributed by atoms with E-state index in [0.717, 1.165) is 36.2 Å². The summed E-state index contributed by atoms with van der Waals surface area (Å²) >= 11 is 11.1. The molecule has 0 amide bonds. The molecule has 0 aliphatic rings. The van der Waals surface area contributed by atoms with Crippen LogP contribution in [0.5, 0.6) is 0 Å². The standard InChI is InChI=1S/C22H44N2O2S2.C10H21/c1-5-9-13-23(14-10-6-2)21(27)19-25-17-18-26-20-22(28)24(15-11-7-3)16-12-8-4;1-3-5-7-9-10-8-6-4-2/h5-20H2,1-4H3;3H,4-10H2,1-2H3. The van der Waals surface area contributed by atoms with Crippen molar-refractivity contribution in [1.29, 1.82) is 0 Å². The normalized spacial score (nSPS) is 10.7. The molecule has 0 aromatic carbocycles. The summed E-state index contributed by atoms with van der Waals surface area (Å²) in [6, 6.07) is 0. The number of hydrogen-bond donors (Lipinski definition) is 0. The molecule has 1 radical (unpaired) electrons. The summed E-state index contributed by atoms with van der Waals surface area (Å²) < 4.78 is 11.5. The van der Waals surface area contributed by atoms with E-state index in [-0.39, 0.29) is 0 Å². The van der Waals surface area contributed by atoms with Gasteiger partial charge in [0.25, 0.3) is 0 Å². The second kappa shape index (κ2) is 32.9. The van der Waals surface area contributed by atoms with Gasteiger partial charge in [-0.2, -0.15) is 0 Å². The van der Waals surface area contributed by atoms with Gasteiger partial charge in [-0.1, -0.05) is 137 Å². The number of thiocarbonyl (C=S) groups is 2. The maximum absolute atomic E-state index is 5.74. The number of rotatable bonds is 26. The molecule has 6 heteroatoms. The summed E-state index contributed by atoms with van der Waals surface area (Å²) in [5.74, 6) is 0. The number of hydrogen-bond acceptors (Lipinski definition) is 4. The molecule has 0 fully saturated rings. The zero-order valence-corrected chi connectivity index (χ0v) is 28.0. The van der Waals surface area contributed by atoms with Crippen LogP contribution < -0.4 is 0 Å². The van der Waals surface area contributed by atoms with Crippen LogP contribution in [0.1, 0.15) is 138 Å². The zero-order chi connectivity index (χ0) is 28.7. The summed E-state index contributed by atoms with van der Waals surface area (Å²) in [7, 11) is 0. The molecule has 0 unspecified atom stereocenters. The van der Waals surface area contributed by atoms with Crippen molar-refractivity contribution < 1.29 is 9.47 Å². The van der Waals surface area contributed by atoms with E-state index in [2.05, 4.69) is 57.8 Å². The molecule has 0 saturated carbocycles. The first-order chi connectivity index (χ1) is 18.5. The van der Waals surface area contributed by atoms with Gasteiger partial charge in [-0.3, -0.25) is 0 Å². The van der Waals surface area contributed by atoms with Crippen molar-refractivity contribution in [3.05, 3.63) is 6.42 Å². The molecule has 0 saturated heterocycles. The van der Waals surface area contributed by atoms with Crippen LogP contribution in [0, 0.1) is 6.42 Å². The van der Waals surface area contributed by atoms with E-state index in [1.54, 1.807) is 0 Å². The third kappa shape index (κ3) is 27.3. The van der Waals surface area contributed by atoms with E-state index in [0.29, 0.717) is 26.4 Å². The summed E-state index contributed by atoms with van der Waals surface area (Å²) in [6.07, 6.45) is 21.6. The second-order valence-corrected chi connectivity index (χ2v) is 11.2. The largest absolute Gasteiger partial charge is 0.372 e.